The van der Waals surface area contributed by atoms with Gasteiger partial charge in [0.15, 0.2) is 5.78 Å². The van der Waals surface area contributed by atoms with Crippen LogP contribution < -0.4 is 10.1 Å². The van der Waals surface area contributed by atoms with Crippen LogP contribution in [0.1, 0.15) is 35.7 Å². The summed E-state index contributed by atoms with van der Waals surface area (Å²) in [5.41, 5.74) is 2.27. The lowest BCUT2D eigenvalue weighted by molar-refractivity contribution is -0.116. The van der Waals surface area contributed by atoms with E-state index >= 15 is 0 Å². The Hall–Kier alpha value is -2.62. The molecule has 0 saturated carbocycles. The predicted molar refractivity (Wildman–Crippen MR) is 91.0 cm³/mol. The average molecular weight is 311 g/mol. The van der Waals surface area contributed by atoms with Crippen molar-refractivity contribution in [3.63, 3.8) is 0 Å². The number of amides is 1. The summed E-state index contributed by atoms with van der Waals surface area (Å²) in [4.78, 5) is 23.5. The second-order valence-corrected chi connectivity index (χ2v) is 5.42. The van der Waals surface area contributed by atoms with E-state index in [1.807, 2.05) is 31.2 Å². The normalized spacial score (nSPS) is 10.2. The first-order valence-corrected chi connectivity index (χ1v) is 7.65. The van der Waals surface area contributed by atoms with Gasteiger partial charge in [-0.2, -0.15) is 0 Å². The summed E-state index contributed by atoms with van der Waals surface area (Å²) in [6.07, 6.45) is 0.958. The van der Waals surface area contributed by atoms with Crippen molar-refractivity contribution in [2.24, 2.45) is 0 Å². The van der Waals surface area contributed by atoms with Gasteiger partial charge in [0.05, 0.1) is 12.3 Å². The summed E-state index contributed by atoms with van der Waals surface area (Å²) in [5.74, 6) is 0.618. The fraction of sp³-hybridized carbons (Fsp3) is 0.263. The molecule has 120 valence electrons. The number of nitrogens with one attached hydrogen (secondary N) is 1. The van der Waals surface area contributed by atoms with Crippen molar-refractivity contribution in [3.05, 3.63) is 59.7 Å². The second kappa shape index (κ2) is 8.13. The van der Waals surface area contributed by atoms with Crippen molar-refractivity contribution >= 4 is 17.4 Å². The van der Waals surface area contributed by atoms with E-state index in [9.17, 15) is 9.59 Å². The number of ether oxygens (including phenoxy) is 1. The van der Waals surface area contributed by atoms with Crippen LogP contribution in [0.4, 0.5) is 5.69 Å². The van der Waals surface area contributed by atoms with Crippen molar-refractivity contribution in [2.45, 2.75) is 26.7 Å². The van der Waals surface area contributed by atoms with Crippen LogP contribution in [0.15, 0.2) is 48.5 Å². The van der Waals surface area contributed by atoms with Gasteiger partial charge in [0.1, 0.15) is 5.75 Å². The minimum absolute atomic E-state index is 0.0661. The minimum atomic E-state index is -0.119. The molecule has 0 fully saturated rings. The zero-order valence-corrected chi connectivity index (χ0v) is 13.5. The molecule has 0 aliphatic rings. The van der Waals surface area contributed by atoms with Gasteiger partial charge >= 0.3 is 0 Å². The number of rotatable bonds is 7. The van der Waals surface area contributed by atoms with E-state index in [-0.39, 0.29) is 11.7 Å². The maximum atomic E-state index is 12.0. The first-order valence-electron chi connectivity index (χ1n) is 7.65. The third-order valence-corrected chi connectivity index (χ3v) is 3.42. The van der Waals surface area contributed by atoms with Crippen molar-refractivity contribution in [1.82, 2.24) is 0 Å². The van der Waals surface area contributed by atoms with Crippen LogP contribution in [0.2, 0.25) is 0 Å². The van der Waals surface area contributed by atoms with Gasteiger partial charge in [0.25, 0.3) is 0 Å². The number of hydrogen-bond acceptors (Lipinski definition) is 3. The number of Topliss-reactive ketones (excluding diaryl/α,β-unsaturated/α-hetero) is 1. The van der Waals surface area contributed by atoms with Gasteiger partial charge < -0.3 is 10.1 Å². The van der Waals surface area contributed by atoms with Gasteiger partial charge in [-0.15, -0.1) is 0 Å². The molecule has 2 rings (SSSR count). The van der Waals surface area contributed by atoms with Crippen molar-refractivity contribution in [2.75, 3.05) is 11.9 Å². The number of hydrogen-bond donors (Lipinski definition) is 1. The lowest BCUT2D eigenvalue weighted by Crippen LogP contribution is -2.14. The van der Waals surface area contributed by atoms with Gasteiger partial charge in [-0.25, -0.2) is 0 Å². The van der Waals surface area contributed by atoms with Crippen molar-refractivity contribution < 1.29 is 14.3 Å². The van der Waals surface area contributed by atoms with E-state index in [2.05, 4.69) is 5.32 Å². The second-order valence-electron chi connectivity index (χ2n) is 5.42. The Morgan fingerprint density at radius 2 is 1.74 bits per heavy atom. The highest BCUT2D eigenvalue weighted by atomic mass is 16.5. The molecular weight excluding hydrogens is 290 g/mol. The van der Waals surface area contributed by atoms with E-state index in [1.165, 1.54) is 12.5 Å². The van der Waals surface area contributed by atoms with Gasteiger partial charge in [-0.05, 0) is 44.5 Å². The van der Waals surface area contributed by atoms with Crippen LogP contribution >= 0.6 is 0 Å². The van der Waals surface area contributed by atoms with E-state index in [0.29, 0.717) is 30.7 Å². The third kappa shape index (κ3) is 5.25. The number of carbonyl (C=O) groups is 2. The van der Waals surface area contributed by atoms with Crippen LogP contribution in [0.5, 0.6) is 5.75 Å². The summed E-state index contributed by atoms with van der Waals surface area (Å²) in [6, 6.07) is 14.8. The maximum Gasteiger partial charge on any atom is 0.224 e. The van der Waals surface area contributed by atoms with Crippen LogP contribution in [-0.4, -0.2) is 18.3 Å². The molecule has 4 nitrogen and oxygen atoms in total. The summed E-state index contributed by atoms with van der Waals surface area (Å²) in [6.45, 7) is 3.98. The standard InChI is InChI=1S/C19H21NO3/c1-14-9-11-16(12-10-14)23-13-5-8-19(22)20-18-7-4-3-6-17(18)15(2)21/h3-4,6-7,9-12H,5,8,13H2,1-2H3,(H,20,22). The highest BCUT2D eigenvalue weighted by Gasteiger charge is 2.09. The largest absolute Gasteiger partial charge is 0.494 e. The van der Waals surface area contributed by atoms with Crippen LogP contribution in [-0.2, 0) is 4.79 Å². The number of ketones is 1. The summed E-state index contributed by atoms with van der Waals surface area (Å²) in [7, 11) is 0. The number of benzene rings is 2. The molecule has 0 bridgehead atoms. The Balaban J connectivity index is 1.77. The number of carbonyl (C=O) groups excluding carboxylic acids is 2. The Labute approximate surface area is 136 Å². The predicted octanol–water partition coefficient (Wildman–Crippen LogP) is 4.00. The van der Waals surface area contributed by atoms with Crippen molar-refractivity contribution in [3.8, 4) is 5.75 Å². The smallest absolute Gasteiger partial charge is 0.224 e. The molecule has 0 atom stereocenters. The van der Waals surface area contributed by atoms with Gasteiger partial charge in [0.2, 0.25) is 5.91 Å². The summed E-state index contributed by atoms with van der Waals surface area (Å²) in [5, 5.41) is 2.78. The molecule has 0 radical (unpaired) electrons. The zero-order valence-electron chi connectivity index (χ0n) is 13.5. The molecule has 23 heavy (non-hydrogen) atoms. The molecule has 0 saturated heterocycles. The molecule has 0 aliphatic carbocycles. The molecule has 2 aromatic rings. The Bertz CT molecular complexity index is 677. The lowest BCUT2D eigenvalue weighted by Gasteiger charge is -2.09. The quantitative estimate of drug-likeness (QED) is 0.621. The maximum absolute atomic E-state index is 12.0. The molecule has 2 aromatic carbocycles. The third-order valence-electron chi connectivity index (χ3n) is 3.42. The van der Waals surface area contributed by atoms with Crippen LogP contribution in [0.25, 0.3) is 0 Å². The number of aryl methyl sites for hydroxylation is 1. The molecule has 0 aromatic heterocycles. The molecule has 0 heterocycles. The average Bonchev–Trinajstić information content (AvgIpc) is 2.53. The Morgan fingerprint density at radius 1 is 1.04 bits per heavy atom. The fourth-order valence-electron chi connectivity index (χ4n) is 2.17. The summed E-state index contributed by atoms with van der Waals surface area (Å²) >= 11 is 0. The zero-order chi connectivity index (χ0) is 16.7. The van der Waals surface area contributed by atoms with E-state index in [0.717, 1.165) is 5.75 Å². The minimum Gasteiger partial charge on any atom is -0.494 e. The number of para-hydroxylation sites is 1. The number of anilines is 1. The molecule has 1 amide bonds. The monoisotopic (exact) mass is 311 g/mol. The highest BCUT2D eigenvalue weighted by Crippen LogP contribution is 2.16. The molecular formula is C19H21NO3. The molecule has 0 spiro atoms. The fourth-order valence-corrected chi connectivity index (χ4v) is 2.17. The first-order chi connectivity index (χ1) is 11.1. The van der Waals surface area contributed by atoms with Gasteiger partial charge in [-0.1, -0.05) is 29.8 Å². The Kier molecular flexibility index (Phi) is 5.92. The van der Waals surface area contributed by atoms with Gasteiger partial charge in [-0.3, -0.25) is 9.59 Å². The molecule has 0 unspecified atom stereocenters. The molecule has 1 N–H and O–H groups in total. The lowest BCUT2D eigenvalue weighted by atomic mass is 10.1. The molecule has 0 aliphatic heterocycles. The topological polar surface area (TPSA) is 55.4 Å². The van der Waals surface area contributed by atoms with Crippen molar-refractivity contribution in [1.29, 1.82) is 0 Å². The van der Waals surface area contributed by atoms with E-state index in [4.69, 9.17) is 4.74 Å². The highest BCUT2D eigenvalue weighted by molar-refractivity contribution is 6.03. The SMILES string of the molecule is CC(=O)c1ccccc1NC(=O)CCCOc1ccc(C)cc1. The summed E-state index contributed by atoms with van der Waals surface area (Å²) < 4.78 is 5.59. The van der Waals surface area contributed by atoms with Crippen LogP contribution in [0.3, 0.4) is 0 Å². The van der Waals surface area contributed by atoms with E-state index in [1.54, 1.807) is 24.3 Å². The van der Waals surface area contributed by atoms with E-state index < -0.39 is 0 Å². The Morgan fingerprint density at radius 3 is 2.43 bits per heavy atom. The molecule has 4 heteroatoms. The van der Waals surface area contributed by atoms with Gasteiger partial charge in [0, 0.05) is 12.0 Å². The first kappa shape index (κ1) is 16.7. The van der Waals surface area contributed by atoms with Crippen LogP contribution in [0, 0.1) is 6.92 Å².